The van der Waals surface area contributed by atoms with Gasteiger partial charge in [-0.15, -0.1) is 47.4 Å². The van der Waals surface area contributed by atoms with Gasteiger partial charge in [-0.25, -0.2) is 15.8 Å². The number of ether oxygens (including phenoxy) is 3. The van der Waals surface area contributed by atoms with Crippen LogP contribution in [0, 0.1) is 13.8 Å². The number of oxazole rings is 2. The van der Waals surface area contributed by atoms with Gasteiger partial charge in [0.05, 0.1) is 43.7 Å². The number of alkyl halides is 4. The molecule has 1 unspecified atom stereocenters. The molecule has 18 heteroatoms. The molecule has 0 aliphatic carbocycles. The molecule has 3 N–H and O–H groups in total. The number of rotatable bonds is 12. The molecule has 6 aromatic rings. The number of para-hydroxylation sites is 1. The van der Waals surface area contributed by atoms with Crippen molar-refractivity contribution < 1.29 is 45.4 Å². The molecule has 3 aromatic heterocycles. The van der Waals surface area contributed by atoms with E-state index in [4.69, 9.17) is 40.2 Å². The summed E-state index contributed by atoms with van der Waals surface area (Å²) in [6.07, 6.45) is -0.733. The summed E-state index contributed by atoms with van der Waals surface area (Å²) in [4.78, 5) is 19.5. The molecular formula is C36H35Cl2F3N6O7. The second-order valence-electron chi connectivity index (χ2n) is 11.2. The van der Waals surface area contributed by atoms with E-state index < -0.39 is 12.3 Å². The Morgan fingerprint density at radius 3 is 2.04 bits per heavy atom. The summed E-state index contributed by atoms with van der Waals surface area (Å²) in [6, 6.07) is 16.1. The zero-order valence-corrected chi connectivity index (χ0v) is 30.8. The Balaban J connectivity index is 0.000000288. The summed E-state index contributed by atoms with van der Waals surface area (Å²) >= 11 is 5.86. The third-order valence-electron chi connectivity index (χ3n) is 7.70. The number of aromatic nitrogens is 4. The number of nitrogens with zero attached hydrogens (tertiary/aromatic N) is 4. The number of hydrazine groups is 1. The molecule has 0 saturated heterocycles. The zero-order valence-electron chi connectivity index (χ0n) is 29.3. The lowest BCUT2D eigenvalue weighted by molar-refractivity contribution is -0.275. The summed E-state index contributed by atoms with van der Waals surface area (Å²) in [7, 11) is 3.04. The van der Waals surface area contributed by atoms with E-state index in [1.54, 1.807) is 74.8 Å². The smallest absolute Gasteiger partial charge is 0.496 e. The Bertz CT molecular complexity index is 2150. The Hall–Kier alpha value is -5.58. The Morgan fingerprint density at radius 2 is 1.48 bits per heavy atom. The molecule has 0 spiro atoms. The van der Waals surface area contributed by atoms with Crippen molar-refractivity contribution in [2.24, 2.45) is 5.84 Å². The lowest BCUT2D eigenvalue weighted by atomic mass is 9.93. The number of amides is 1. The number of halogens is 5. The SMILES string of the molecule is COc1cc(-c2nnc(C(CCCCl)c3ccccc3OC(F)(F)F)o2)ccc1-c1cnc(C)o1.COc1cc(C(=O)NN)ccc1-c1cnc(C)o1.Cl. The lowest BCUT2D eigenvalue weighted by Crippen LogP contribution is -2.29. The summed E-state index contributed by atoms with van der Waals surface area (Å²) < 4.78 is 70.8. The van der Waals surface area contributed by atoms with Gasteiger partial charge < -0.3 is 27.5 Å². The van der Waals surface area contributed by atoms with Gasteiger partial charge >= 0.3 is 6.36 Å². The van der Waals surface area contributed by atoms with Gasteiger partial charge in [-0.1, -0.05) is 18.2 Å². The first-order valence-electron chi connectivity index (χ1n) is 15.9. The molecule has 0 fully saturated rings. The Labute approximate surface area is 318 Å². The lowest BCUT2D eigenvalue weighted by Gasteiger charge is -2.18. The summed E-state index contributed by atoms with van der Waals surface area (Å²) in [5, 5.41) is 8.26. The van der Waals surface area contributed by atoms with Crippen LogP contribution in [0.3, 0.4) is 0 Å². The molecule has 3 aromatic carbocycles. The van der Waals surface area contributed by atoms with Crippen LogP contribution in [0.4, 0.5) is 13.2 Å². The normalized spacial score (nSPS) is 11.5. The number of nitrogens with two attached hydrogens (primary N) is 1. The molecule has 54 heavy (non-hydrogen) atoms. The predicted molar refractivity (Wildman–Crippen MR) is 194 cm³/mol. The highest BCUT2D eigenvalue weighted by Crippen LogP contribution is 2.39. The van der Waals surface area contributed by atoms with Crippen molar-refractivity contribution in [3.05, 3.63) is 102 Å². The van der Waals surface area contributed by atoms with Crippen LogP contribution in [0.5, 0.6) is 17.2 Å². The molecule has 0 bridgehead atoms. The van der Waals surface area contributed by atoms with E-state index in [2.05, 4.69) is 30.3 Å². The van der Waals surface area contributed by atoms with Crippen LogP contribution >= 0.6 is 24.0 Å². The molecule has 0 saturated carbocycles. The minimum absolute atomic E-state index is 0. The molecule has 0 aliphatic heterocycles. The number of hydrogen-bond donors (Lipinski definition) is 2. The van der Waals surface area contributed by atoms with Crippen molar-refractivity contribution in [3.63, 3.8) is 0 Å². The number of benzene rings is 3. The molecule has 286 valence electrons. The Morgan fingerprint density at radius 1 is 0.870 bits per heavy atom. The fraction of sp³-hybridized carbons (Fsp3) is 0.250. The Kier molecular flexibility index (Phi) is 14.1. The fourth-order valence-electron chi connectivity index (χ4n) is 5.29. The van der Waals surface area contributed by atoms with Crippen molar-refractivity contribution >= 4 is 29.9 Å². The number of carbonyl (C=O) groups excluding carboxylic acids is 1. The minimum Gasteiger partial charge on any atom is -0.496 e. The maximum absolute atomic E-state index is 13.0. The highest BCUT2D eigenvalue weighted by Gasteiger charge is 2.34. The van der Waals surface area contributed by atoms with Gasteiger partial charge in [0.2, 0.25) is 11.8 Å². The first-order valence-corrected chi connectivity index (χ1v) is 16.4. The highest BCUT2D eigenvalue weighted by molar-refractivity contribution is 6.17. The quantitative estimate of drug-likeness (QED) is 0.0525. The van der Waals surface area contributed by atoms with Gasteiger partial charge in [-0.3, -0.25) is 10.2 Å². The third kappa shape index (κ3) is 10.1. The largest absolute Gasteiger partial charge is 0.573 e. The molecule has 0 radical (unpaired) electrons. The topological polar surface area (TPSA) is 174 Å². The van der Waals surface area contributed by atoms with Crippen LogP contribution in [0.25, 0.3) is 34.1 Å². The molecule has 13 nitrogen and oxygen atoms in total. The maximum atomic E-state index is 13.0. The van der Waals surface area contributed by atoms with E-state index in [0.717, 1.165) is 5.56 Å². The second kappa shape index (κ2) is 18.4. The minimum atomic E-state index is -4.84. The monoisotopic (exact) mass is 790 g/mol. The third-order valence-corrected chi connectivity index (χ3v) is 7.97. The number of hydrogen-bond acceptors (Lipinski definition) is 12. The van der Waals surface area contributed by atoms with Crippen LogP contribution in [0.2, 0.25) is 0 Å². The van der Waals surface area contributed by atoms with Crippen molar-refractivity contribution in [1.29, 1.82) is 0 Å². The average molecular weight is 792 g/mol. The van der Waals surface area contributed by atoms with Crippen molar-refractivity contribution in [3.8, 4) is 51.4 Å². The maximum Gasteiger partial charge on any atom is 0.573 e. The van der Waals surface area contributed by atoms with E-state index >= 15 is 0 Å². The van der Waals surface area contributed by atoms with Gasteiger partial charge in [0.15, 0.2) is 23.3 Å². The summed E-state index contributed by atoms with van der Waals surface area (Å²) in [5.74, 6) is 7.61. The van der Waals surface area contributed by atoms with Crippen LogP contribution in [-0.2, 0) is 0 Å². The van der Waals surface area contributed by atoms with Crippen molar-refractivity contribution in [2.45, 2.75) is 39.0 Å². The van der Waals surface area contributed by atoms with Crippen LogP contribution in [-0.4, -0.2) is 52.5 Å². The molecule has 1 atom stereocenters. The molecule has 6 rings (SSSR count). The number of nitrogen functional groups attached to an aromatic ring is 1. The molecule has 1 amide bonds. The number of carbonyl (C=O) groups is 1. The zero-order chi connectivity index (χ0) is 38.1. The number of methoxy groups -OCH3 is 2. The molecule has 0 aliphatic rings. The summed E-state index contributed by atoms with van der Waals surface area (Å²) in [6.45, 7) is 3.50. The van der Waals surface area contributed by atoms with Gasteiger partial charge in [-0.05, 0) is 55.3 Å². The molecule has 3 heterocycles. The summed E-state index contributed by atoms with van der Waals surface area (Å²) in [5.41, 5.74) is 4.74. The van der Waals surface area contributed by atoms with E-state index in [0.29, 0.717) is 70.2 Å². The van der Waals surface area contributed by atoms with Gasteiger partial charge in [-0.2, -0.15) is 0 Å². The first kappa shape index (κ1) is 41.2. The predicted octanol–water partition coefficient (Wildman–Crippen LogP) is 8.44. The van der Waals surface area contributed by atoms with Gasteiger partial charge in [0.1, 0.15) is 17.2 Å². The van der Waals surface area contributed by atoms with Gasteiger partial charge in [0.25, 0.3) is 5.91 Å². The van der Waals surface area contributed by atoms with E-state index in [-0.39, 0.29) is 41.4 Å². The number of nitrogens with one attached hydrogen (secondary N) is 1. The fourth-order valence-corrected chi connectivity index (χ4v) is 5.44. The van der Waals surface area contributed by atoms with E-state index in [1.807, 2.05) is 0 Å². The van der Waals surface area contributed by atoms with E-state index in [1.165, 1.54) is 26.4 Å². The van der Waals surface area contributed by atoms with Crippen LogP contribution < -0.4 is 25.5 Å². The van der Waals surface area contributed by atoms with Crippen molar-refractivity contribution in [2.75, 3.05) is 20.1 Å². The van der Waals surface area contributed by atoms with E-state index in [9.17, 15) is 18.0 Å². The highest BCUT2D eigenvalue weighted by atomic mass is 35.5. The van der Waals surface area contributed by atoms with Gasteiger partial charge in [0, 0.05) is 36.4 Å². The second-order valence-corrected chi connectivity index (χ2v) is 11.6. The number of aryl methyl sites for hydroxylation is 2. The van der Waals surface area contributed by atoms with Crippen molar-refractivity contribution in [1.82, 2.24) is 25.6 Å². The standard InChI is InChI=1S/C24H21ClF3N3O4.C12H13N3O3.ClH/c1-14-29-13-21(33-14)18-10-9-15(12-20(18)32-2)22-30-31-23(34-22)17(7-5-11-25)16-6-3-4-8-19(16)35-24(26,27)28;1-7-14-6-11(18-7)9-4-3-8(12(16)15-13)5-10(9)17-2;/h3-4,6,8-10,12-13,17H,5,7,11H2,1-2H3;3-6H,13H2,1-2H3,(H,15,16);1H. The molecular weight excluding hydrogens is 756 g/mol. The average Bonchev–Trinajstić information content (AvgIpc) is 3.93. The van der Waals surface area contributed by atoms with Crippen LogP contribution in [0.1, 0.15) is 52.4 Å². The van der Waals surface area contributed by atoms with Crippen LogP contribution in [0.15, 0.2) is 86.3 Å². The first-order chi connectivity index (χ1) is 25.4.